The lowest BCUT2D eigenvalue weighted by Gasteiger charge is -2.32. The van der Waals surface area contributed by atoms with E-state index in [2.05, 4.69) is 34.7 Å². The fourth-order valence-electron chi connectivity index (χ4n) is 2.59. The van der Waals surface area contributed by atoms with Crippen LogP contribution in [-0.4, -0.2) is 43.7 Å². The first kappa shape index (κ1) is 18.7. The monoisotopic (exact) mass is 306 g/mol. The molecule has 0 unspecified atom stereocenters. The van der Waals surface area contributed by atoms with Crippen molar-refractivity contribution in [2.75, 3.05) is 33.3 Å². The smallest absolute Gasteiger partial charge is 0.313 e. The number of hydrogen-bond donors (Lipinski definition) is 0. The third-order valence-electron chi connectivity index (χ3n) is 5.03. The Morgan fingerprint density at radius 1 is 1.14 bits per heavy atom. The summed E-state index contributed by atoms with van der Waals surface area (Å²) in [5.74, 6) is 0.0423. The number of ether oxygens (including phenoxy) is 1. The topological polar surface area (TPSA) is 26.3 Å². The van der Waals surface area contributed by atoms with E-state index in [9.17, 15) is 4.79 Å². The van der Waals surface area contributed by atoms with Gasteiger partial charge in [0.2, 0.25) is 0 Å². The number of hydrogen-bond acceptors (Lipinski definition) is 2. The van der Waals surface area contributed by atoms with Crippen LogP contribution in [0.5, 0.6) is 0 Å². The number of rotatable bonds is 9. The first-order valence-electron chi connectivity index (χ1n) is 8.52. The van der Waals surface area contributed by atoms with E-state index in [-0.39, 0.29) is 17.8 Å². The fourth-order valence-corrected chi connectivity index (χ4v) is 2.59. The van der Waals surface area contributed by atoms with Crippen molar-refractivity contribution in [3.8, 4) is 0 Å². The van der Waals surface area contributed by atoms with Crippen molar-refractivity contribution in [2.45, 2.75) is 40.0 Å². The first-order valence-corrected chi connectivity index (χ1v) is 8.52. The molecule has 0 radical (unpaired) electrons. The Hall–Kier alpha value is -1.35. The van der Waals surface area contributed by atoms with Gasteiger partial charge in [0.25, 0.3) is 0 Å². The minimum absolute atomic E-state index is 0.0840. The average Bonchev–Trinajstić information content (AvgIpc) is 2.55. The van der Waals surface area contributed by atoms with E-state index in [0.29, 0.717) is 6.61 Å². The zero-order valence-electron chi connectivity index (χ0n) is 14.8. The van der Waals surface area contributed by atoms with Gasteiger partial charge in [-0.05, 0) is 25.3 Å². The van der Waals surface area contributed by atoms with E-state index in [1.54, 1.807) is 0 Å². The van der Waals surface area contributed by atoms with Gasteiger partial charge in [-0.3, -0.25) is 4.79 Å². The summed E-state index contributed by atoms with van der Waals surface area (Å²) in [5.41, 5.74) is 1.06. The lowest BCUT2D eigenvalue weighted by Crippen LogP contribution is -2.46. The molecule has 0 saturated heterocycles. The molecule has 2 atom stereocenters. The van der Waals surface area contributed by atoms with Crippen LogP contribution < -0.4 is 0 Å². The van der Waals surface area contributed by atoms with Gasteiger partial charge in [-0.1, -0.05) is 50.6 Å². The highest BCUT2D eigenvalue weighted by Gasteiger charge is 2.28. The molecule has 0 amide bonds. The van der Waals surface area contributed by atoms with Gasteiger partial charge in [0.15, 0.2) is 0 Å². The highest BCUT2D eigenvalue weighted by atomic mass is 16.5. The Kier molecular flexibility index (Phi) is 7.60. The van der Waals surface area contributed by atoms with Crippen LogP contribution in [0.15, 0.2) is 30.3 Å². The van der Waals surface area contributed by atoms with Gasteiger partial charge >= 0.3 is 5.97 Å². The van der Waals surface area contributed by atoms with E-state index in [1.807, 2.05) is 30.3 Å². The Balaban J connectivity index is 2.70. The highest BCUT2D eigenvalue weighted by molar-refractivity contribution is 5.78. The predicted octanol–water partition coefficient (Wildman–Crippen LogP) is 3.85. The van der Waals surface area contributed by atoms with Gasteiger partial charge in [0.1, 0.15) is 13.2 Å². The fraction of sp³-hybridized carbons (Fsp3) is 0.632. The Labute approximate surface area is 135 Å². The zero-order valence-corrected chi connectivity index (χ0v) is 14.8. The second-order valence-corrected chi connectivity index (χ2v) is 6.42. The van der Waals surface area contributed by atoms with Crippen LogP contribution in [0.4, 0.5) is 0 Å². The summed E-state index contributed by atoms with van der Waals surface area (Å²) in [5, 5.41) is 0. The summed E-state index contributed by atoms with van der Waals surface area (Å²) in [6, 6.07) is 10.0. The van der Waals surface area contributed by atoms with Crippen molar-refractivity contribution < 1.29 is 14.0 Å². The summed E-state index contributed by atoms with van der Waals surface area (Å²) in [4.78, 5) is 12.6. The molecule has 0 saturated carbocycles. The van der Waals surface area contributed by atoms with Gasteiger partial charge in [0, 0.05) is 0 Å². The van der Waals surface area contributed by atoms with Crippen LogP contribution in [0.3, 0.4) is 0 Å². The lowest BCUT2D eigenvalue weighted by atomic mass is 9.86. The van der Waals surface area contributed by atoms with Crippen LogP contribution in [0.1, 0.15) is 45.6 Å². The van der Waals surface area contributed by atoms with Crippen LogP contribution in [0.25, 0.3) is 0 Å². The van der Waals surface area contributed by atoms with Crippen molar-refractivity contribution in [3.05, 3.63) is 35.9 Å². The van der Waals surface area contributed by atoms with E-state index in [4.69, 9.17) is 4.74 Å². The molecule has 0 fully saturated rings. The number of esters is 1. The van der Waals surface area contributed by atoms with Gasteiger partial charge in [0.05, 0.1) is 26.1 Å². The maximum atomic E-state index is 12.6. The number of nitrogens with zero attached hydrogens (tertiary/aromatic N) is 1. The maximum Gasteiger partial charge on any atom is 0.313 e. The molecule has 1 aromatic rings. The Morgan fingerprint density at radius 3 is 2.23 bits per heavy atom. The molecule has 3 heteroatoms. The maximum absolute atomic E-state index is 12.6. The van der Waals surface area contributed by atoms with Crippen molar-refractivity contribution >= 4 is 5.97 Å². The number of quaternary nitrogens is 1. The number of carbonyl (C=O) groups excluding carboxylic acids is 1. The van der Waals surface area contributed by atoms with E-state index in [0.717, 1.165) is 36.1 Å². The summed E-state index contributed by atoms with van der Waals surface area (Å²) in [6.45, 7) is 12.1. The molecule has 0 aliphatic heterocycles. The quantitative estimate of drug-likeness (QED) is 0.512. The van der Waals surface area contributed by atoms with E-state index >= 15 is 0 Å². The first-order chi connectivity index (χ1) is 10.5. The van der Waals surface area contributed by atoms with Crippen LogP contribution in [0.2, 0.25) is 0 Å². The van der Waals surface area contributed by atoms with Crippen LogP contribution >= 0.6 is 0 Å². The number of carbonyl (C=O) groups is 1. The normalized spacial score (nSPS) is 14.4. The molecule has 0 spiro atoms. The third kappa shape index (κ3) is 5.13. The molecule has 1 rings (SSSR count). The summed E-state index contributed by atoms with van der Waals surface area (Å²) in [7, 11) is 2.21. The van der Waals surface area contributed by atoms with E-state index < -0.39 is 0 Å². The summed E-state index contributed by atoms with van der Waals surface area (Å²) in [6.07, 6.45) is 0.965. The van der Waals surface area contributed by atoms with Gasteiger partial charge in [-0.25, -0.2) is 0 Å². The van der Waals surface area contributed by atoms with Crippen molar-refractivity contribution in [2.24, 2.45) is 5.92 Å². The molecule has 0 bridgehead atoms. The molecular weight excluding hydrogens is 274 g/mol. The predicted molar refractivity (Wildman–Crippen MR) is 91.7 cm³/mol. The minimum atomic E-state index is -0.159. The third-order valence-corrected chi connectivity index (χ3v) is 5.03. The highest BCUT2D eigenvalue weighted by Crippen LogP contribution is 2.28. The number of likely N-dealkylation sites (N-methyl/N-ethyl adjacent to an activating group) is 1. The van der Waals surface area contributed by atoms with Crippen molar-refractivity contribution in [3.63, 3.8) is 0 Å². The standard InChI is InChI=1S/C19H32NO2/c1-6-16(4)18(17-12-10-9-11-13-17)19(21)22-15-14-20(5,7-2)8-3/h9-13,16,18H,6-8,14-15H2,1-5H3/q+1/t16-,18+/m1/s1. The molecule has 0 N–H and O–H groups in total. The van der Waals surface area contributed by atoms with Crippen LogP contribution in [0, 0.1) is 5.92 Å². The molecule has 1 aromatic carbocycles. The number of benzene rings is 1. The molecule has 124 valence electrons. The Bertz CT molecular complexity index is 440. The van der Waals surface area contributed by atoms with Crippen LogP contribution in [-0.2, 0) is 9.53 Å². The second kappa shape index (κ2) is 8.94. The minimum Gasteiger partial charge on any atom is -0.459 e. The molecule has 3 nitrogen and oxygen atoms in total. The molecule has 0 aromatic heterocycles. The van der Waals surface area contributed by atoms with Gasteiger partial charge in [-0.15, -0.1) is 0 Å². The summed E-state index contributed by atoms with van der Waals surface area (Å²) < 4.78 is 6.56. The largest absolute Gasteiger partial charge is 0.459 e. The summed E-state index contributed by atoms with van der Waals surface area (Å²) >= 11 is 0. The molecule has 0 heterocycles. The Morgan fingerprint density at radius 2 is 1.73 bits per heavy atom. The molecular formula is C19H32NO2+. The van der Waals surface area contributed by atoms with Crippen molar-refractivity contribution in [1.82, 2.24) is 0 Å². The van der Waals surface area contributed by atoms with E-state index in [1.165, 1.54) is 0 Å². The van der Waals surface area contributed by atoms with Crippen molar-refractivity contribution in [1.29, 1.82) is 0 Å². The molecule has 22 heavy (non-hydrogen) atoms. The second-order valence-electron chi connectivity index (χ2n) is 6.42. The van der Waals surface area contributed by atoms with Gasteiger partial charge < -0.3 is 9.22 Å². The molecule has 0 aliphatic carbocycles. The lowest BCUT2D eigenvalue weighted by molar-refractivity contribution is -0.906. The van der Waals surface area contributed by atoms with Gasteiger partial charge in [-0.2, -0.15) is 0 Å². The SMILES string of the molecule is CC[C@@H](C)[C@H](C(=O)OCC[N+](C)(CC)CC)c1ccccc1. The zero-order chi connectivity index (χ0) is 16.6. The average molecular weight is 306 g/mol. The molecule has 0 aliphatic rings.